The summed E-state index contributed by atoms with van der Waals surface area (Å²) in [6.45, 7) is 0.436. The van der Waals surface area contributed by atoms with Crippen molar-refractivity contribution in [1.29, 1.82) is 0 Å². The smallest absolute Gasteiger partial charge is 0.353 e. The van der Waals surface area contributed by atoms with Crippen LogP contribution in [0.5, 0.6) is 0 Å². The molecule has 4 unspecified atom stereocenters. The minimum absolute atomic E-state index is 0.117. The molecule has 0 aromatic rings. The van der Waals surface area contributed by atoms with Crippen molar-refractivity contribution >= 4 is 5.91 Å². The van der Waals surface area contributed by atoms with Crippen molar-refractivity contribution in [2.45, 2.75) is 63.6 Å². The highest BCUT2D eigenvalue weighted by Gasteiger charge is 2.46. The lowest BCUT2D eigenvalue weighted by Gasteiger charge is -2.36. The number of amides is 1. The lowest BCUT2D eigenvalue weighted by Crippen LogP contribution is -2.50. The maximum atomic E-state index is 13.1. The van der Waals surface area contributed by atoms with Gasteiger partial charge >= 0.3 is 6.18 Å². The third kappa shape index (κ3) is 4.11. The summed E-state index contributed by atoms with van der Waals surface area (Å²) in [5.74, 6) is -1.70. The molecule has 0 aliphatic heterocycles. The van der Waals surface area contributed by atoms with E-state index in [0.717, 1.165) is 32.1 Å². The van der Waals surface area contributed by atoms with Gasteiger partial charge in [-0.15, -0.1) is 0 Å². The van der Waals surface area contributed by atoms with E-state index in [9.17, 15) is 18.0 Å². The van der Waals surface area contributed by atoms with Crippen molar-refractivity contribution < 1.29 is 18.0 Å². The van der Waals surface area contributed by atoms with E-state index in [1.807, 2.05) is 0 Å². The van der Waals surface area contributed by atoms with Gasteiger partial charge in [0.15, 0.2) is 0 Å². The number of rotatable bonds is 3. The summed E-state index contributed by atoms with van der Waals surface area (Å²) < 4.78 is 39.2. The predicted octanol–water partition coefficient (Wildman–Crippen LogP) is 2.99. The Labute approximate surface area is 123 Å². The van der Waals surface area contributed by atoms with Gasteiger partial charge in [-0.1, -0.05) is 25.7 Å². The monoisotopic (exact) mass is 306 g/mol. The Kier molecular flexibility index (Phi) is 5.52. The quantitative estimate of drug-likeness (QED) is 0.842. The summed E-state index contributed by atoms with van der Waals surface area (Å²) in [6.07, 6.45) is 1.34. The number of nitrogens with one attached hydrogen (secondary N) is 1. The Hall–Kier alpha value is -0.780. The zero-order valence-corrected chi connectivity index (χ0v) is 12.3. The summed E-state index contributed by atoms with van der Waals surface area (Å²) in [5, 5.41) is 2.70. The van der Waals surface area contributed by atoms with E-state index in [0.29, 0.717) is 19.4 Å². The van der Waals surface area contributed by atoms with Crippen molar-refractivity contribution in [2.24, 2.45) is 23.5 Å². The molecule has 4 atom stereocenters. The van der Waals surface area contributed by atoms with Crippen LogP contribution in [0.4, 0.5) is 13.2 Å². The Balaban J connectivity index is 1.99. The van der Waals surface area contributed by atoms with Crippen LogP contribution in [-0.4, -0.2) is 24.7 Å². The molecular weight excluding hydrogens is 281 g/mol. The largest absolute Gasteiger partial charge is 0.393 e. The summed E-state index contributed by atoms with van der Waals surface area (Å²) in [5.41, 5.74) is 5.70. The minimum atomic E-state index is -4.22. The second kappa shape index (κ2) is 6.99. The van der Waals surface area contributed by atoms with Gasteiger partial charge < -0.3 is 11.1 Å². The number of nitrogens with two attached hydrogens (primary N) is 1. The number of carbonyl (C=O) groups excluding carboxylic acids is 1. The first-order valence-corrected chi connectivity index (χ1v) is 8.00. The van der Waals surface area contributed by atoms with Gasteiger partial charge in [0.25, 0.3) is 0 Å². The number of hydrogen-bond acceptors (Lipinski definition) is 2. The fraction of sp³-hybridized carbons (Fsp3) is 0.933. The van der Waals surface area contributed by atoms with Crippen LogP contribution in [-0.2, 0) is 4.79 Å². The molecule has 2 aliphatic carbocycles. The fourth-order valence-corrected chi connectivity index (χ4v) is 3.82. The standard InChI is InChI=1S/C15H25F3N2O/c16-15(17,18)12-7-3-4-8-13(12)20-14(21)11-6-2-1-5-10(11)9-19/h10-13H,1-9,19H2,(H,20,21). The van der Waals surface area contributed by atoms with Crippen molar-refractivity contribution in [3.63, 3.8) is 0 Å². The van der Waals surface area contributed by atoms with Crippen LogP contribution in [0.1, 0.15) is 51.4 Å². The molecule has 0 radical (unpaired) electrons. The number of hydrogen-bond donors (Lipinski definition) is 2. The predicted molar refractivity (Wildman–Crippen MR) is 74.4 cm³/mol. The topological polar surface area (TPSA) is 55.1 Å². The van der Waals surface area contributed by atoms with E-state index in [4.69, 9.17) is 5.73 Å². The highest BCUT2D eigenvalue weighted by Crippen LogP contribution is 2.38. The summed E-state index contributed by atoms with van der Waals surface area (Å²) in [4.78, 5) is 12.4. The zero-order valence-electron chi connectivity index (χ0n) is 12.3. The van der Waals surface area contributed by atoms with Gasteiger partial charge in [0.1, 0.15) is 0 Å². The molecule has 3 nitrogen and oxygen atoms in total. The Bertz CT molecular complexity index is 359. The van der Waals surface area contributed by atoms with Gasteiger partial charge in [-0.25, -0.2) is 0 Å². The SMILES string of the molecule is NCC1CCCCC1C(=O)NC1CCCCC1C(F)(F)F. The van der Waals surface area contributed by atoms with Gasteiger partial charge in [0.2, 0.25) is 5.91 Å². The van der Waals surface area contributed by atoms with Crippen molar-refractivity contribution in [2.75, 3.05) is 6.54 Å². The van der Waals surface area contributed by atoms with Gasteiger partial charge in [-0.2, -0.15) is 13.2 Å². The molecule has 0 spiro atoms. The van der Waals surface area contributed by atoms with Crippen molar-refractivity contribution in [3.05, 3.63) is 0 Å². The molecule has 2 fully saturated rings. The van der Waals surface area contributed by atoms with Crippen LogP contribution in [0, 0.1) is 17.8 Å². The molecule has 21 heavy (non-hydrogen) atoms. The van der Waals surface area contributed by atoms with E-state index in [1.54, 1.807) is 0 Å². The van der Waals surface area contributed by atoms with E-state index >= 15 is 0 Å². The first kappa shape index (κ1) is 16.6. The second-order valence-electron chi connectivity index (χ2n) is 6.43. The van der Waals surface area contributed by atoms with E-state index < -0.39 is 18.1 Å². The third-order valence-corrected chi connectivity index (χ3v) is 5.06. The Morgan fingerprint density at radius 1 is 1.05 bits per heavy atom. The highest BCUT2D eigenvalue weighted by molar-refractivity contribution is 5.79. The molecule has 0 aromatic heterocycles. The lowest BCUT2D eigenvalue weighted by atomic mass is 9.78. The summed E-state index contributed by atoms with van der Waals surface area (Å²) >= 11 is 0. The maximum absolute atomic E-state index is 13.1. The van der Waals surface area contributed by atoms with Gasteiger partial charge in [0, 0.05) is 12.0 Å². The number of carbonyl (C=O) groups is 1. The van der Waals surface area contributed by atoms with Crippen LogP contribution < -0.4 is 11.1 Å². The maximum Gasteiger partial charge on any atom is 0.393 e. The zero-order chi connectivity index (χ0) is 15.5. The molecule has 0 aromatic carbocycles. The molecule has 2 aliphatic rings. The Morgan fingerprint density at radius 3 is 2.33 bits per heavy atom. The van der Waals surface area contributed by atoms with Crippen molar-refractivity contribution in [1.82, 2.24) is 5.32 Å². The fourth-order valence-electron chi connectivity index (χ4n) is 3.82. The minimum Gasteiger partial charge on any atom is -0.353 e. The van der Waals surface area contributed by atoms with E-state index in [2.05, 4.69) is 5.32 Å². The Morgan fingerprint density at radius 2 is 1.67 bits per heavy atom. The van der Waals surface area contributed by atoms with Crippen LogP contribution in [0.3, 0.4) is 0 Å². The van der Waals surface area contributed by atoms with E-state index in [1.165, 1.54) is 0 Å². The highest BCUT2D eigenvalue weighted by atomic mass is 19.4. The van der Waals surface area contributed by atoms with Gasteiger partial charge in [-0.3, -0.25) is 4.79 Å². The summed E-state index contributed by atoms with van der Waals surface area (Å²) in [7, 11) is 0. The van der Waals surface area contributed by atoms with Crippen LogP contribution in [0.2, 0.25) is 0 Å². The van der Waals surface area contributed by atoms with Crippen molar-refractivity contribution in [3.8, 4) is 0 Å². The number of alkyl halides is 3. The average molecular weight is 306 g/mol. The molecule has 2 saturated carbocycles. The molecule has 0 saturated heterocycles. The van der Waals surface area contributed by atoms with Crippen LogP contribution >= 0.6 is 0 Å². The van der Waals surface area contributed by atoms with Gasteiger partial charge in [-0.05, 0) is 38.1 Å². The van der Waals surface area contributed by atoms with Crippen LogP contribution in [0.25, 0.3) is 0 Å². The van der Waals surface area contributed by atoms with Gasteiger partial charge in [0.05, 0.1) is 5.92 Å². The molecule has 2 rings (SSSR count). The van der Waals surface area contributed by atoms with Crippen LogP contribution in [0.15, 0.2) is 0 Å². The lowest BCUT2D eigenvalue weighted by molar-refractivity contribution is -0.189. The molecule has 3 N–H and O–H groups in total. The van der Waals surface area contributed by atoms with E-state index in [-0.39, 0.29) is 24.2 Å². The molecule has 122 valence electrons. The number of halogens is 3. The summed E-state index contributed by atoms with van der Waals surface area (Å²) in [6, 6.07) is -0.758. The molecule has 6 heteroatoms. The first-order valence-electron chi connectivity index (χ1n) is 8.00. The average Bonchev–Trinajstić information content (AvgIpc) is 2.46. The second-order valence-corrected chi connectivity index (χ2v) is 6.43. The first-order chi connectivity index (χ1) is 9.93. The third-order valence-electron chi connectivity index (χ3n) is 5.06. The molecule has 0 bridgehead atoms. The molecular formula is C15H25F3N2O. The normalized spacial score (nSPS) is 34.5. The molecule has 0 heterocycles. The molecule has 1 amide bonds.